The van der Waals surface area contributed by atoms with Gasteiger partial charge >= 0.3 is 6.01 Å². The van der Waals surface area contributed by atoms with Crippen LogP contribution in [0.25, 0.3) is 0 Å². The number of aryl methyl sites for hydroxylation is 1. The van der Waals surface area contributed by atoms with Gasteiger partial charge in [-0.3, -0.25) is 0 Å². The van der Waals surface area contributed by atoms with Crippen LogP contribution in [-0.2, 0) is 0 Å². The van der Waals surface area contributed by atoms with Crippen molar-refractivity contribution < 1.29 is 9.84 Å². The molecule has 0 aliphatic rings. The maximum Gasteiger partial charge on any atom is 0.323 e. The summed E-state index contributed by atoms with van der Waals surface area (Å²) in [5, 5.41) is 17.9. The van der Waals surface area contributed by atoms with Crippen LogP contribution in [0, 0.1) is 18.3 Å². The van der Waals surface area contributed by atoms with E-state index in [4.69, 9.17) is 15.1 Å². The van der Waals surface area contributed by atoms with Crippen molar-refractivity contribution in [2.75, 3.05) is 0 Å². The fourth-order valence-corrected chi connectivity index (χ4v) is 1.26. The van der Waals surface area contributed by atoms with Crippen LogP contribution in [-0.4, -0.2) is 15.1 Å². The number of hydrogen-bond acceptors (Lipinski definition) is 5. The zero-order valence-electron chi connectivity index (χ0n) is 9.08. The van der Waals surface area contributed by atoms with Crippen molar-refractivity contribution >= 4 is 0 Å². The number of rotatable bonds is 2. The summed E-state index contributed by atoms with van der Waals surface area (Å²) in [7, 11) is 0. The Labute approximate surface area is 98.0 Å². The Balaban J connectivity index is 2.27. The Morgan fingerprint density at radius 2 is 1.94 bits per heavy atom. The Bertz CT molecular complexity index is 573. The summed E-state index contributed by atoms with van der Waals surface area (Å²) < 4.78 is 5.37. The number of phenolic OH excluding ortho intramolecular Hbond substituents is 1. The maximum absolute atomic E-state index is 9.12. The largest absolute Gasteiger partial charge is 0.508 e. The van der Waals surface area contributed by atoms with Gasteiger partial charge in [0.25, 0.3) is 0 Å². The fraction of sp³-hybridized carbons (Fsp3) is 0.0833. The highest BCUT2D eigenvalue weighted by Crippen LogP contribution is 2.20. The molecule has 0 fully saturated rings. The van der Waals surface area contributed by atoms with E-state index in [-0.39, 0.29) is 17.5 Å². The molecule has 1 aromatic heterocycles. The first-order valence-electron chi connectivity index (χ1n) is 4.90. The van der Waals surface area contributed by atoms with E-state index < -0.39 is 0 Å². The second kappa shape index (κ2) is 4.49. The quantitative estimate of drug-likeness (QED) is 0.850. The topological polar surface area (TPSA) is 79.0 Å². The van der Waals surface area contributed by atoms with Crippen molar-refractivity contribution in [3.63, 3.8) is 0 Å². The second-order valence-electron chi connectivity index (χ2n) is 3.38. The van der Waals surface area contributed by atoms with Gasteiger partial charge in [0.15, 0.2) is 0 Å². The SMILES string of the molecule is Cc1cc(C#N)nc(Oc2ccc(O)cc2)n1. The molecule has 0 bridgehead atoms. The van der Waals surface area contributed by atoms with E-state index in [1.54, 1.807) is 25.1 Å². The highest BCUT2D eigenvalue weighted by atomic mass is 16.5. The molecule has 5 heteroatoms. The molecule has 1 N–H and O–H groups in total. The number of phenols is 1. The third-order valence-electron chi connectivity index (χ3n) is 1.99. The van der Waals surface area contributed by atoms with E-state index in [2.05, 4.69) is 9.97 Å². The van der Waals surface area contributed by atoms with Gasteiger partial charge in [-0.25, -0.2) is 4.98 Å². The summed E-state index contributed by atoms with van der Waals surface area (Å²) in [6.07, 6.45) is 0. The van der Waals surface area contributed by atoms with E-state index in [1.165, 1.54) is 12.1 Å². The monoisotopic (exact) mass is 227 g/mol. The number of nitrogens with zero attached hydrogens (tertiary/aromatic N) is 3. The van der Waals surface area contributed by atoms with Crippen molar-refractivity contribution in [1.82, 2.24) is 9.97 Å². The lowest BCUT2D eigenvalue weighted by atomic mass is 10.3. The van der Waals surface area contributed by atoms with E-state index in [1.807, 2.05) is 6.07 Å². The van der Waals surface area contributed by atoms with Crippen LogP contribution < -0.4 is 4.74 Å². The molecule has 2 rings (SSSR count). The van der Waals surface area contributed by atoms with Crippen LogP contribution in [0.3, 0.4) is 0 Å². The Morgan fingerprint density at radius 1 is 1.24 bits per heavy atom. The van der Waals surface area contributed by atoms with Crippen LogP contribution in [0.2, 0.25) is 0 Å². The van der Waals surface area contributed by atoms with Gasteiger partial charge < -0.3 is 9.84 Å². The van der Waals surface area contributed by atoms with Gasteiger partial charge in [0, 0.05) is 5.69 Å². The lowest BCUT2D eigenvalue weighted by molar-refractivity contribution is 0.435. The van der Waals surface area contributed by atoms with Crippen LogP contribution in [0.5, 0.6) is 17.5 Å². The molecule has 0 spiro atoms. The van der Waals surface area contributed by atoms with Crippen molar-refractivity contribution in [3.8, 4) is 23.6 Å². The van der Waals surface area contributed by atoms with Crippen LogP contribution >= 0.6 is 0 Å². The number of aromatic hydroxyl groups is 1. The van der Waals surface area contributed by atoms with Crippen LogP contribution in [0.4, 0.5) is 0 Å². The molecular formula is C12H9N3O2. The molecule has 1 heterocycles. The molecule has 0 radical (unpaired) electrons. The normalized spacial score (nSPS) is 9.65. The van der Waals surface area contributed by atoms with Gasteiger partial charge in [0.05, 0.1) is 0 Å². The van der Waals surface area contributed by atoms with Gasteiger partial charge in [0.2, 0.25) is 0 Å². The molecule has 0 atom stereocenters. The van der Waals surface area contributed by atoms with Gasteiger partial charge in [-0.1, -0.05) is 0 Å². The summed E-state index contributed by atoms with van der Waals surface area (Å²) in [5.74, 6) is 0.650. The average Bonchev–Trinajstić information content (AvgIpc) is 2.31. The molecule has 0 aliphatic carbocycles. The third kappa shape index (κ3) is 2.69. The standard InChI is InChI=1S/C12H9N3O2/c1-8-6-9(7-13)15-12(14-8)17-11-4-2-10(16)3-5-11/h2-6,16H,1H3. The smallest absolute Gasteiger partial charge is 0.323 e. The van der Waals surface area contributed by atoms with Crippen molar-refractivity contribution in [3.05, 3.63) is 41.7 Å². The third-order valence-corrected chi connectivity index (χ3v) is 1.99. The number of benzene rings is 1. The zero-order chi connectivity index (χ0) is 12.3. The van der Waals surface area contributed by atoms with Crippen LogP contribution in [0.1, 0.15) is 11.4 Å². The van der Waals surface area contributed by atoms with E-state index >= 15 is 0 Å². The Hall–Kier alpha value is -2.61. The number of ether oxygens (including phenoxy) is 1. The van der Waals surface area contributed by atoms with Gasteiger partial charge in [0.1, 0.15) is 23.3 Å². The summed E-state index contributed by atoms with van der Waals surface area (Å²) in [4.78, 5) is 7.97. The van der Waals surface area contributed by atoms with E-state index in [0.29, 0.717) is 11.4 Å². The van der Waals surface area contributed by atoms with Crippen LogP contribution in [0.15, 0.2) is 30.3 Å². The molecule has 5 nitrogen and oxygen atoms in total. The first-order valence-corrected chi connectivity index (χ1v) is 4.90. The summed E-state index contributed by atoms with van der Waals surface area (Å²) in [5.41, 5.74) is 0.914. The molecule has 0 unspecified atom stereocenters. The second-order valence-corrected chi connectivity index (χ2v) is 3.38. The Morgan fingerprint density at radius 3 is 2.59 bits per heavy atom. The summed E-state index contributed by atoms with van der Waals surface area (Å²) in [6.45, 7) is 1.76. The minimum absolute atomic E-state index is 0.118. The molecule has 0 amide bonds. The molecule has 17 heavy (non-hydrogen) atoms. The maximum atomic E-state index is 9.12. The molecule has 1 aromatic carbocycles. The molecule has 0 saturated carbocycles. The number of hydrogen-bond donors (Lipinski definition) is 1. The van der Waals surface area contributed by atoms with Crippen molar-refractivity contribution in [2.45, 2.75) is 6.92 Å². The molecule has 84 valence electrons. The summed E-state index contributed by atoms with van der Waals surface area (Å²) in [6, 6.07) is 9.80. The number of aromatic nitrogens is 2. The average molecular weight is 227 g/mol. The zero-order valence-corrected chi connectivity index (χ0v) is 9.08. The van der Waals surface area contributed by atoms with Gasteiger partial charge in [-0.2, -0.15) is 10.2 Å². The first-order chi connectivity index (χ1) is 8.17. The first kappa shape index (κ1) is 10.9. The lowest BCUT2D eigenvalue weighted by Crippen LogP contribution is -1.96. The van der Waals surface area contributed by atoms with E-state index in [0.717, 1.165) is 0 Å². The van der Waals surface area contributed by atoms with Crippen molar-refractivity contribution in [2.24, 2.45) is 0 Å². The summed E-state index contributed by atoms with van der Waals surface area (Å²) >= 11 is 0. The highest BCUT2D eigenvalue weighted by molar-refractivity contribution is 5.32. The molecule has 0 saturated heterocycles. The minimum Gasteiger partial charge on any atom is -0.508 e. The minimum atomic E-state index is 0.118. The Kier molecular flexibility index (Phi) is 2.88. The number of nitriles is 1. The predicted molar refractivity (Wildman–Crippen MR) is 59.7 cm³/mol. The van der Waals surface area contributed by atoms with E-state index in [9.17, 15) is 0 Å². The molecule has 2 aromatic rings. The highest BCUT2D eigenvalue weighted by Gasteiger charge is 2.04. The van der Waals surface area contributed by atoms with Gasteiger partial charge in [-0.15, -0.1) is 0 Å². The molecule has 0 aliphatic heterocycles. The fourth-order valence-electron chi connectivity index (χ4n) is 1.26. The van der Waals surface area contributed by atoms with Gasteiger partial charge in [-0.05, 0) is 37.3 Å². The lowest BCUT2D eigenvalue weighted by Gasteiger charge is -2.04. The van der Waals surface area contributed by atoms with Crippen molar-refractivity contribution in [1.29, 1.82) is 5.26 Å². The molecular weight excluding hydrogens is 218 g/mol. The predicted octanol–water partition coefficient (Wildman–Crippen LogP) is 2.15.